The van der Waals surface area contributed by atoms with E-state index in [4.69, 9.17) is 4.74 Å². The van der Waals surface area contributed by atoms with Gasteiger partial charge in [0.15, 0.2) is 0 Å². The molecule has 0 unspecified atom stereocenters. The molecule has 1 aromatic heterocycles. The van der Waals surface area contributed by atoms with Crippen molar-refractivity contribution in [2.45, 2.75) is 6.61 Å². The van der Waals surface area contributed by atoms with E-state index in [1.165, 1.54) is 18.2 Å². The summed E-state index contributed by atoms with van der Waals surface area (Å²) in [6, 6.07) is 15.6. The Morgan fingerprint density at radius 3 is 2.40 bits per heavy atom. The third kappa shape index (κ3) is 4.51. The van der Waals surface area contributed by atoms with Crippen molar-refractivity contribution in [2.75, 3.05) is 5.32 Å². The molecule has 0 fully saturated rings. The highest BCUT2D eigenvalue weighted by atomic mass is 19.1. The molecule has 0 saturated carbocycles. The summed E-state index contributed by atoms with van der Waals surface area (Å²) >= 11 is 0. The van der Waals surface area contributed by atoms with Gasteiger partial charge >= 0.3 is 6.09 Å². The molecule has 0 aliphatic carbocycles. The average Bonchev–Trinajstić information content (AvgIpc) is 2.63. The van der Waals surface area contributed by atoms with E-state index in [0.717, 1.165) is 5.56 Å². The highest BCUT2D eigenvalue weighted by molar-refractivity contribution is 5.85. The zero-order valence-corrected chi connectivity index (χ0v) is 13.0. The molecule has 1 heterocycles. The minimum Gasteiger partial charge on any atom is -0.444 e. The lowest BCUT2D eigenvalue weighted by Gasteiger charge is -2.08. The van der Waals surface area contributed by atoms with Crippen LogP contribution in [0.5, 0.6) is 0 Å². The van der Waals surface area contributed by atoms with E-state index < -0.39 is 6.09 Å². The molecule has 0 aliphatic heterocycles. The maximum absolute atomic E-state index is 12.8. The van der Waals surface area contributed by atoms with Gasteiger partial charge in [0.25, 0.3) is 5.56 Å². The number of amides is 1. The zero-order chi connectivity index (χ0) is 17.6. The van der Waals surface area contributed by atoms with Crippen LogP contribution in [0.25, 0.3) is 11.3 Å². The third-order valence-electron chi connectivity index (χ3n) is 3.39. The molecule has 3 aromatic rings. The van der Waals surface area contributed by atoms with Crippen LogP contribution >= 0.6 is 0 Å². The van der Waals surface area contributed by atoms with Crippen molar-refractivity contribution >= 4 is 11.8 Å². The van der Waals surface area contributed by atoms with Gasteiger partial charge in [-0.1, -0.05) is 24.3 Å². The first-order valence-corrected chi connectivity index (χ1v) is 7.44. The van der Waals surface area contributed by atoms with Crippen LogP contribution in [0.2, 0.25) is 0 Å². The first-order chi connectivity index (χ1) is 12.1. The standard InChI is InChI=1S/C18H14FN3O3/c19-14-5-1-12(2-6-14)11-25-18(24)20-15-7-3-13(4-8-15)16-9-10-17(23)22-21-16/h1-10H,11H2,(H,20,24)(H,22,23). The van der Waals surface area contributed by atoms with Gasteiger partial charge in [0.2, 0.25) is 0 Å². The Labute approximate surface area is 142 Å². The first-order valence-electron chi connectivity index (χ1n) is 7.44. The fourth-order valence-corrected chi connectivity index (χ4v) is 2.11. The van der Waals surface area contributed by atoms with Crippen molar-refractivity contribution in [1.29, 1.82) is 0 Å². The molecule has 0 radical (unpaired) electrons. The number of halogens is 1. The Bertz CT molecular complexity index is 901. The first kappa shape index (κ1) is 16.4. The van der Waals surface area contributed by atoms with Gasteiger partial charge in [-0.2, -0.15) is 5.10 Å². The molecule has 7 heteroatoms. The molecule has 0 saturated heterocycles. The van der Waals surface area contributed by atoms with Gasteiger partial charge in [0.05, 0.1) is 5.69 Å². The minimum atomic E-state index is -0.612. The average molecular weight is 339 g/mol. The van der Waals surface area contributed by atoms with Gasteiger partial charge < -0.3 is 4.74 Å². The molecule has 0 spiro atoms. The lowest BCUT2D eigenvalue weighted by molar-refractivity contribution is 0.155. The summed E-state index contributed by atoms with van der Waals surface area (Å²) in [6.07, 6.45) is -0.612. The predicted molar refractivity (Wildman–Crippen MR) is 90.5 cm³/mol. The number of nitrogens with zero attached hydrogens (tertiary/aromatic N) is 1. The van der Waals surface area contributed by atoms with E-state index in [-0.39, 0.29) is 18.0 Å². The van der Waals surface area contributed by atoms with Crippen LogP contribution in [0.4, 0.5) is 14.9 Å². The topological polar surface area (TPSA) is 84.1 Å². The number of anilines is 1. The van der Waals surface area contributed by atoms with Gasteiger partial charge in [-0.15, -0.1) is 0 Å². The monoisotopic (exact) mass is 339 g/mol. The number of benzene rings is 2. The summed E-state index contributed by atoms with van der Waals surface area (Å²) in [5, 5.41) is 8.89. The lowest BCUT2D eigenvalue weighted by Crippen LogP contribution is -2.13. The summed E-state index contributed by atoms with van der Waals surface area (Å²) in [6.45, 7) is 0.0471. The van der Waals surface area contributed by atoms with Crippen molar-refractivity contribution in [3.63, 3.8) is 0 Å². The Morgan fingerprint density at radius 2 is 1.76 bits per heavy atom. The molecule has 2 aromatic carbocycles. The van der Waals surface area contributed by atoms with Crippen LogP contribution in [0.1, 0.15) is 5.56 Å². The molecular weight excluding hydrogens is 325 g/mol. The molecule has 0 atom stereocenters. The van der Waals surface area contributed by atoms with Crippen LogP contribution in [0.15, 0.2) is 65.5 Å². The van der Waals surface area contributed by atoms with Crippen LogP contribution in [-0.4, -0.2) is 16.3 Å². The largest absolute Gasteiger partial charge is 0.444 e. The van der Waals surface area contributed by atoms with Crippen LogP contribution in [0.3, 0.4) is 0 Å². The third-order valence-corrected chi connectivity index (χ3v) is 3.39. The van der Waals surface area contributed by atoms with E-state index in [1.54, 1.807) is 42.5 Å². The summed E-state index contributed by atoms with van der Waals surface area (Å²) in [5.74, 6) is -0.342. The molecular formula is C18H14FN3O3. The Morgan fingerprint density at radius 1 is 1.04 bits per heavy atom. The number of aromatic nitrogens is 2. The van der Waals surface area contributed by atoms with Crippen molar-refractivity contribution in [3.05, 3.63) is 82.4 Å². The summed E-state index contributed by atoms with van der Waals surface area (Å²) in [5.41, 5.74) is 2.38. The molecule has 0 bridgehead atoms. The number of aromatic amines is 1. The number of nitrogens with one attached hydrogen (secondary N) is 2. The molecule has 126 valence electrons. The minimum absolute atomic E-state index is 0.0471. The van der Waals surface area contributed by atoms with Crippen LogP contribution in [-0.2, 0) is 11.3 Å². The van der Waals surface area contributed by atoms with Crippen LogP contribution < -0.4 is 10.9 Å². The maximum Gasteiger partial charge on any atom is 0.411 e. The number of ether oxygens (including phenoxy) is 1. The maximum atomic E-state index is 12.8. The van der Waals surface area contributed by atoms with Crippen LogP contribution in [0, 0.1) is 5.82 Å². The Hall–Kier alpha value is -3.48. The number of rotatable bonds is 4. The zero-order valence-electron chi connectivity index (χ0n) is 13.0. The molecule has 1 amide bonds. The van der Waals surface area contributed by atoms with Gasteiger partial charge in [0.1, 0.15) is 12.4 Å². The molecule has 0 aliphatic rings. The van der Waals surface area contributed by atoms with Gasteiger partial charge in [-0.05, 0) is 35.9 Å². The smallest absolute Gasteiger partial charge is 0.411 e. The second-order valence-electron chi connectivity index (χ2n) is 5.21. The van der Waals surface area contributed by atoms with E-state index in [9.17, 15) is 14.0 Å². The summed E-state index contributed by atoms with van der Waals surface area (Å²) < 4.78 is 17.9. The lowest BCUT2D eigenvalue weighted by atomic mass is 10.1. The van der Waals surface area contributed by atoms with E-state index in [1.807, 2.05) is 0 Å². The predicted octanol–water partition coefficient (Wildman–Crippen LogP) is 3.32. The van der Waals surface area contributed by atoms with Crippen molar-refractivity contribution < 1.29 is 13.9 Å². The van der Waals surface area contributed by atoms with Crippen molar-refractivity contribution in [2.24, 2.45) is 0 Å². The fraction of sp³-hybridized carbons (Fsp3) is 0.0556. The molecule has 2 N–H and O–H groups in total. The van der Waals surface area contributed by atoms with Gasteiger partial charge in [-0.3, -0.25) is 10.1 Å². The number of hydrogen-bond acceptors (Lipinski definition) is 4. The molecule has 3 rings (SSSR count). The number of H-pyrrole nitrogens is 1. The molecule has 25 heavy (non-hydrogen) atoms. The normalized spacial score (nSPS) is 10.3. The highest BCUT2D eigenvalue weighted by Crippen LogP contribution is 2.18. The van der Waals surface area contributed by atoms with Crippen molar-refractivity contribution in [3.8, 4) is 11.3 Å². The van der Waals surface area contributed by atoms with Gasteiger partial charge in [-0.25, -0.2) is 14.3 Å². The number of carbonyl (C=O) groups is 1. The summed E-state index contributed by atoms with van der Waals surface area (Å²) in [4.78, 5) is 22.8. The highest BCUT2D eigenvalue weighted by Gasteiger charge is 2.05. The van der Waals surface area contributed by atoms with E-state index >= 15 is 0 Å². The fourth-order valence-electron chi connectivity index (χ4n) is 2.11. The quantitative estimate of drug-likeness (QED) is 0.764. The second kappa shape index (κ2) is 7.39. The Kier molecular flexibility index (Phi) is 4.84. The second-order valence-corrected chi connectivity index (χ2v) is 5.21. The van der Waals surface area contributed by atoms with E-state index in [2.05, 4.69) is 15.5 Å². The van der Waals surface area contributed by atoms with Crippen molar-refractivity contribution in [1.82, 2.24) is 10.2 Å². The molecule has 6 nitrogen and oxygen atoms in total. The van der Waals surface area contributed by atoms with E-state index in [0.29, 0.717) is 16.9 Å². The number of carbonyl (C=O) groups excluding carboxylic acids is 1. The number of hydrogen-bond donors (Lipinski definition) is 2. The SMILES string of the molecule is O=C(Nc1ccc(-c2ccc(=O)[nH]n2)cc1)OCc1ccc(F)cc1. The summed E-state index contributed by atoms with van der Waals surface area (Å²) in [7, 11) is 0. The Balaban J connectivity index is 1.57. The van der Waals surface area contributed by atoms with Gasteiger partial charge in [0, 0.05) is 17.3 Å².